The molecule has 0 bridgehead atoms. The van der Waals surface area contributed by atoms with Gasteiger partial charge in [-0.05, 0) is 25.9 Å². The number of nitrogens with zero attached hydrogens (tertiary/aromatic N) is 2. The van der Waals surface area contributed by atoms with E-state index in [1.54, 1.807) is 0 Å². The van der Waals surface area contributed by atoms with Crippen molar-refractivity contribution in [3.8, 4) is 0 Å². The molecule has 2 rings (SSSR count). The topological polar surface area (TPSA) is 31.9 Å². The summed E-state index contributed by atoms with van der Waals surface area (Å²) in [5.74, 6) is 1.15. The Labute approximate surface area is 89.3 Å². The van der Waals surface area contributed by atoms with Gasteiger partial charge in [0.2, 0.25) is 0 Å². The number of aromatic nitrogens is 2. The summed E-state index contributed by atoms with van der Waals surface area (Å²) in [5.41, 5.74) is 0. The van der Waals surface area contributed by atoms with Crippen LogP contribution in [0, 0.1) is 0 Å². The van der Waals surface area contributed by atoms with E-state index in [9.17, 15) is 0 Å². The van der Waals surface area contributed by atoms with Crippen LogP contribution in [0.4, 0.5) is 0 Å². The van der Waals surface area contributed by atoms with Gasteiger partial charge in [0.15, 0.2) is 5.16 Å². The molecule has 0 aromatic carbocycles. The lowest BCUT2D eigenvalue weighted by Gasteiger charge is -2.25. The Hall–Kier alpha value is -0.480. The third-order valence-corrected chi connectivity index (χ3v) is 3.45. The molecule has 78 valence electrons. The summed E-state index contributed by atoms with van der Waals surface area (Å²) in [6.07, 6.45) is 7.87. The van der Waals surface area contributed by atoms with Crippen LogP contribution in [-0.4, -0.2) is 40.3 Å². The minimum Gasteiger partial charge on any atom is -0.340 e. The summed E-state index contributed by atoms with van der Waals surface area (Å²) in [7, 11) is 0. The molecule has 1 fully saturated rings. The first-order valence-electron chi connectivity index (χ1n) is 5.30. The van der Waals surface area contributed by atoms with Gasteiger partial charge in [-0.1, -0.05) is 18.2 Å². The van der Waals surface area contributed by atoms with Crippen molar-refractivity contribution in [2.24, 2.45) is 0 Å². The molecule has 2 heterocycles. The van der Waals surface area contributed by atoms with Crippen LogP contribution in [-0.2, 0) is 0 Å². The van der Waals surface area contributed by atoms with Crippen LogP contribution in [0.5, 0.6) is 0 Å². The molecule has 0 radical (unpaired) electrons. The van der Waals surface area contributed by atoms with E-state index in [0.29, 0.717) is 0 Å². The number of hydrogen-bond acceptors (Lipinski definition) is 3. The minimum atomic E-state index is 1.04. The normalized spacial score (nSPS) is 18.6. The molecule has 0 unspecified atom stereocenters. The number of rotatable bonds is 4. The molecule has 0 atom stereocenters. The predicted octanol–water partition coefficient (Wildman–Crippen LogP) is 1.99. The van der Waals surface area contributed by atoms with Crippen LogP contribution in [0.2, 0.25) is 0 Å². The summed E-state index contributed by atoms with van der Waals surface area (Å²) in [4.78, 5) is 9.85. The zero-order valence-corrected chi connectivity index (χ0v) is 9.22. The summed E-state index contributed by atoms with van der Waals surface area (Å²) in [6, 6.07) is 0. The second-order valence-electron chi connectivity index (χ2n) is 3.65. The van der Waals surface area contributed by atoms with E-state index in [2.05, 4.69) is 14.9 Å². The molecule has 1 aliphatic rings. The van der Waals surface area contributed by atoms with Gasteiger partial charge < -0.3 is 9.88 Å². The fourth-order valence-corrected chi connectivity index (χ4v) is 2.61. The molecule has 14 heavy (non-hydrogen) atoms. The highest BCUT2D eigenvalue weighted by atomic mass is 32.2. The average molecular weight is 211 g/mol. The number of aromatic amines is 1. The SMILES string of the molecule is c1c[nH]c(SCCN2CCCCC2)n1. The summed E-state index contributed by atoms with van der Waals surface area (Å²) < 4.78 is 0. The molecule has 1 N–H and O–H groups in total. The monoisotopic (exact) mass is 211 g/mol. The Morgan fingerprint density at radius 3 is 2.93 bits per heavy atom. The minimum absolute atomic E-state index is 1.04. The Morgan fingerprint density at radius 1 is 1.36 bits per heavy atom. The molecule has 4 heteroatoms. The molecule has 1 aliphatic heterocycles. The molecule has 0 amide bonds. The number of H-pyrrole nitrogens is 1. The van der Waals surface area contributed by atoms with Crippen molar-refractivity contribution in [2.75, 3.05) is 25.4 Å². The van der Waals surface area contributed by atoms with E-state index in [1.165, 1.54) is 38.9 Å². The van der Waals surface area contributed by atoms with Crippen molar-refractivity contribution in [3.05, 3.63) is 12.4 Å². The molecular weight excluding hydrogens is 194 g/mol. The first-order chi connectivity index (χ1) is 6.95. The standard InChI is InChI=1S/C10H17N3S/c1-2-6-13(7-3-1)8-9-14-10-11-4-5-12-10/h4-5H,1-3,6-9H2,(H,11,12). The molecule has 1 saturated heterocycles. The van der Waals surface area contributed by atoms with Gasteiger partial charge in [-0.15, -0.1) is 0 Å². The van der Waals surface area contributed by atoms with Gasteiger partial charge in [-0.25, -0.2) is 4.98 Å². The fourth-order valence-electron chi connectivity index (χ4n) is 1.78. The number of thioether (sulfide) groups is 1. The van der Waals surface area contributed by atoms with Gasteiger partial charge in [0.05, 0.1) is 0 Å². The fraction of sp³-hybridized carbons (Fsp3) is 0.700. The highest BCUT2D eigenvalue weighted by Crippen LogP contribution is 2.13. The molecule has 1 aromatic heterocycles. The van der Waals surface area contributed by atoms with E-state index in [1.807, 2.05) is 24.2 Å². The van der Waals surface area contributed by atoms with Gasteiger partial charge in [0, 0.05) is 24.7 Å². The second-order valence-corrected chi connectivity index (χ2v) is 4.73. The van der Waals surface area contributed by atoms with Gasteiger partial charge in [-0.2, -0.15) is 0 Å². The lowest BCUT2D eigenvalue weighted by molar-refractivity contribution is 0.242. The van der Waals surface area contributed by atoms with Crippen LogP contribution >= 0.6 is 11.8 Å². The molecule has 0 spiro atoms. The highest BCUT2D eigenvalue weighted by molar-refractivity contribution is 7.99. The zero-order valence-electron chi connectivity index (χ0n) is 8.41. The van der Waals surface area contributed by atoms with Crippen molar-refractivity contribution in [1.29, 1.82) is 0 Å². The molecule has 0 aliphatic carbocycles. The second kappa shape index (κ2) is 5.41. The van der Waals surface area contributed by atoms with Crippen molar-refractivity contribution < 1.29 is 0 Å². The third kappa shape index (κ3) is 3.03. The number of imidazole rings is 1. The van der Waals surface area contributed by atoms with Crippen LogP contribution in [0.15, 0.2) is 17.6 Å². The van der Waals surface area contributed by atoms with Crippen molar-refractivity contribution >= 4 is 11.8 Å². The van der Waals surface area contributed by atoms with Gasteiger partial charge in [-0.3, -0.25) is 0 Å². The van der Waals surface area contributed by atoms with E-state index in [0.717, 1.165) is 10.9 Å². The van der Waals surface area contributed by atoms with Crippen LogP contribution in [0.1, 0.15) is 19.3 Å². The first-order valence-corrected chi connectivity index (χ1v) is 6.28. The maximum atomic E-state index is 4.19. The van der Waals surface area contributed by atoms with Crippen LogP contribution < -0.4 is 0 Å². The number of hydrogen-bond donors (Lipinski definition) is 1. The third-order valence-electron chi connectivity index (χ3n) is 2.57. The Balaban J connectivity index is 1.62. The van der Waals surface area contributed by atoms with Crippen molar-refractivity contribution in [2.45, 2.75) is 24.4 Å². The van der Waals surface area contributed by atoms with Gasteiger partial charge >= 0.3 is 0 Å². The number of piperidine rings is 1. The lowest BCUT2D eigenvalue weighted by atomic mass is 10.1. The van der Waals surface area contributed by atoms with Crippen LogP contribution in [0.3, 0.4) is 0 Å². The van der Waals surface area contributed by atoms with Gasteiger partial charge in [0.1, 0.15) is 0 Å². The Morgan fingerprint density at radius 2 is 2.21 bits per heavy atom. The molecule has 1 aromatic rings. The number of nitrogens with one attached hydrogen (secondary N) is 1. The Kier molecular flexibility index (Phi) is 3.89. The number of likely N-dealkylation sites (tertiary alicyclic amines) is 1. The maximum Gasteiger partial charge on any atom is 0.165 e. The van der Waals surface area contributed by atoms with E-state index in [4.69, 9.17) is 0 Å². The highest BCUT2D eigenvalue weighted by Gasteiger charge is 2.09. The zero-order chi connectivity index (χ0) is 9.64. The maximum absolute atomic E-state index is 4.19. The van der Waals surface area contributed by atoms with Crippen LogP contribution in [0.25, 0.3) is 0 Å². The molecule has 0 saturated carbocycles. The summed E-state index contributed by atoms with van der Waals surface area (Å²) in [6.45, 7) is 3.78. The predicted molar refractivity (Wildman–Crippen MR) is 59.6 cm³/mol. The molecule has 3 nitrogen and oxygen atoms in total. The van der Waals surface area contributed by atoms with Crippen molar-refractivity contribution in [1.82, 2.24) is 14.9 Å². The van der Waals surface area contributed by atoms with Gasteiger partial charge in [0.25, 0.3) is 0 Å². The summed E-state index contributed by atoms with van der Waals surface area (Å²) in [5, 5.41) is 1.04. The van der Waals surface area contributed by atoms with E-state index >= 15 is 0 Å². The Bertz CT molecular complexity index is 242. The molecular formula is C10H17N3S. The van der Waals surface area contributed by atoms with E-state index < -0.39 is 0 Å². The largest absolute Gasteiger partial charge is 0.340 e. The lowest BCUT2D eigenvalue weighted by Crippen LogP contribution is -2.31. The average Bonchev–Trinajstić information content (AvgIpc) is 2.72. The van der Waals surface area contributed by atoms with Crippen molar-refractivity contribution in [3.63, 3.8) is 0 Å². The quantitative estimate of drug-likeness (QED) is 0.773. The smallest absolute Gasteiger partial charge is 0.165 e. The first kappa shape index (κ1) is 10.1. The van der Waals surface area contributed by atoms with E-state index in [-0.39, 0.29) is 0 Å². The summed E-state index contributed by atoms with van der Waals surface area (Å²) >= 11 is 1.81.